The standard InChI is InChI=1S/C17H24N4O3/c1-13(10-21-8-7-18-12-21)19-17(22)20(2)11-14-5-6-15(23-3)16(9-14)24-4/h5-9,12-13H,10-11H2,1-4H3,(H,19,22)/t13-/m0/s1. The molecule has 1 heterocycles. The molecule has 0 aliphatic rings. The Morgan fingerprint density at radius 3 is 2.71 bits per heavy atom. The van der Waals surface area contributed by atoms with Crippen LogP contribution in [0.3, 0.4) is 0 Å². The van der Waals surface area contributed by atoms with Gasteiger partial charge in [0, 0.05) is 38.6 Å². The second-order valence-corrected chi connectivity index (χ2v) is 5.66. The molecule has 2 rings (SSSR count). The van der Waals surface area contributed by atoms with Crippen LogP contribution in [0.1, 0.15) is 12.5 Å². The molecule has 0 aliphatic heterocycles. The molecule has 1 aromatic heterocycles. The van der Waals surface area contributed by atoms with Crippen molar-refractivity contribution >= 4 is 6.03 Å². The summed E-state index contributed by atoms with van der Waals surface area (Å²) in [6, 6.07) is 5.50. The van der Waals surface area contributed by atoms with Crippen LogP contribution in [0.15, 0.2) is 36.9 Å². The molecule has 0 spiro atoms. The van der Waals surface area contributed by atoms with Gasteiger partial charge in [0.25, 0.3) is 0 Å². The zero-order valence-corrected chi connectivity index (χ0v) is 14.5. The Morgan fingerprint density at radius 2 is 2.08 bits per heavy atom. The van der Waals surface area contributed by atoms with Crippen molar-refractivity contribution in [2.45, 2.75) is 26.1 Å². The topological polar surface area (TPSA) is 68.6 Å². The maximum Gasteiger partial charge on any atom is 0.317 e. The number of methoxy groups -OCH3 is 2. The molecule has 0 bridgehead atoms. The number of nitrogens with one attached hydrogen (secondary N) is 1. The van der Waals surface area contributed by atoms with E-state index in [1.54, 1.807) is 38.7 Å². The summed E-state index contributed by atoms with van der Waals surface area (Å²) in [5.74, 6) is 1.32. The quantitative estimate of drug-likeness (QED) is 0.843. The molecule has 0 radical (unpaired) electrons. The van der Waals surface area contributed by atoms with Gasteiger partial charge in [0.1, 0.15) is 0 Å². The number of ether oxygens (including phenoxy) is 2. The lowest BCUT2D eigenvalue weighted by Gasteiger charge is -2.22. The van der Waals surface area contributed by atoms with Crippen LogP contribution < -0.4 is 14.8 Å². The number of hydrogen-bond donors (Lipinski definition) is 1. The zero-order valence-electron chi connectivity index (χ0n) is 14.5. The minimum absolute atomic E-state index is 0.000413. The number of amides is 2. The zero-order chi connectivity index (χ0) is 17.5. The van der Waals surface area contributed by atoms with E-state index in [1.807, 2.05) is 35.9 Å². The van der Waals surface area contributed by atoms with Gasteiger partial charge in [-0.2, -0.15) is 0 Å². The predicted octanol–water partition coefficient (Wildman–Crippen LogP) is 2.13. The van der Waals surface area contributed by atoms with Crippen LogP contribution in [0.2, 0.25) is 0 Å². The summed E-state index contributed by atoms with van der Waals surface area (Å²) < 4.78 is 12.4. The number of rotatable bonds is 7. The minimum Gasteiger partial charge on any atom is -0.493 e. The molecule has 1 N–H and O–H groups in total. The molecule has 0 saturated heterocycles. The molecule has 0 aliphatic carbocycles. The Balaban J connectivity index is 1.91. The van der Waals surface area contributed by atoms with Crippen molar-refractivity contribution in [3.8, 4) is 11.5 Å². The highest BCUT2D eigenvalue weighted by atomic mass is 16.5. The fraction of sp³-hybridized carbons (Fsp3) is 0.412. The molecule has 0 unspecified atom stereocenters. The Morgan fingerprint density at radius 1 is 1.33 bits per heavy atom. The molecule has 130 valence electrons. The average Bonchev–Trinajstić information content (AvgIpc) is 3.07. The summed E-state index contributed by atoms with van der Waals surface area (Å²) in [5.41, 5.74) is 0.965. The number of urea groups is 1. The van der Waals surface area contributed by atoms with Gasteiger partial charge in [-0.3, -0.25) is 0 Å². The maximum absolute atomic E-state index is 12.3. The van der Waals surface area contributed by atoms with Crippen LogP contribution in [0.4, 0.5) is 4.79 Å². The number of nitrogens with zero attached hydrogens (tertiary/aromatic N) is 3. The van der Waals surface area contributed by atoms with E-state index < -0.39 is 0 Å². The fourth-order valence-corrected chi connectivity index (χ4v) is 2.40. The highest BCUT2D eigenvalue weighted by Gasteiger charge is 2.14. The smallest absolute Gasteiger partial charge is 0.317 e. The highest BCUT2D eigenvalue weighted by molar-refractivity contribution is 5.74. The van der Waals surface area contributed by atoms with Crippen molar-refractivity contribution in [2.75, 3.05) is 21.3 Å². The molecular weight excluding hydrogens is 308 g/mol. The highest BCUT2D eigenvalue weighted by Crippen LogP contribution is 2.27. The van der Waals surface area contributed by atoms with Gasteiger partial charge in [0.2, 0.25) is 0 Å². The fourth-order valence-electron chi connectivity index (χ4n) is 2.40. The first-order chi connectivity index (χ1) is 11.5. The first kappa shape index (κ1) is 17.7. The summed E-state index contributed by atoms with van der Waals surface area (Å²) in [5, 5.41) is 2.97. The third-order valence-electron chi connectivity index (χ3n) is 3.63. The molecule has 0 fully saturated rings. The molecule has 24 heavy (non-hydrogen) atoms. The number of hydrogen-bond acceptors (Lipinski definition) is 4. The van der Waals surface area contributed by atoms with Crippen molar-refractivity contribution in [1.29, 1.82) is 0 Å². The van der Waals surface area contributed by atoms with E-state index in [1.165, 1.54) is 0 Å². The van der Waals surface area contributed by atoms with Crippen LogP contribution in [0.5, 0.6) is 11.5 Å². The van der Waals surface area contributed by atoms with E-state index in [2.05, 4.69) is 10.3 Å². The Kier molecular flexibility index (Phi) is 6.06. The normalized spacial score (nSPS) is 11.7. The van der Waals surface area contributed by atoms with Gasteiger partial charge in [0.05, 0.1) is 20.5 Å². The molecule has 1 atom stereocenters. The first-order valence-corrected chi connectivity index (χ1v) is 7.71. The largest absolute Gasteiger partial charge is 0.493 e. The summed E-state index contributed by atoms with van der Waals surface area (Å²) in [6.07, 6.45) is 5.32. The second kappa shape index (κ2) is 8.24. The van der Waals surface area contributed by atoms with Gasteiger partial charge in [-0.25, -0.2) is 9.78 Å². The number of benzene rings is 1. The number of carbonyl (C=O) groups is 1. The second-order valence-electron chi connectivity index (χ2n) is 5.66. The Hall–Kier alpha value is -2.70. The van der Waals surface area contributed by atoms with Gasteiger partial charge in [-0.15, -0.1) is 0 Å². The van der Waals surface area contributed by atoms with E-state index >= 15 is 0 Å². The van der Waals surface area contributed by atoms with E-state index in [9.17, 15) is 4.79 Å². The molecule has 1 aromatic carbocycles. The third-order valence-corrected chi connectivity index (χ3v) is 3.63. The molecule has 2 aromatic rings. The van der Waals surface area contributed by atoms with Gasteiger partial charge in [-0.1, -0.05) is 6.07 Å². The molecule has 2 amide bonds. The first-order valence-electron chi connectivity index (χ1n) is 7.71. The van der Waals surface area contributed by atoms with E-state index in [-0.39, 0.29) is 12.1 Å². The number of imidazole rings is 1. The van der Waals surface area contributed by atoms with Crippen LogP contribution in [-0.2, 0) is 13.1 Å². The van der Waals surface area contributed by atoms with E-state index in [4.69, 9.17) is 9.47 Å². The lowest BCUT2D eigenvalue weighted by Crippen LogP contribution is -2.43. The Labute approximate surface area is 142 Å². The van der Waals surface area contributed by atoms with Crippen LogP contribution in [0.25, 0.3) is 0 Å². The summed E-state index contributed by atoms with van der Waals surface area (Å²) in [6.45, 7) is 3.11. The van der Waals surface area contributed by atoms with Crippen LogP contribution in [0, 0.1) is 0 Å². The van der Waals surface area contributed by atoms with Crippen molar-refractivity contribution in [2.24, 2.45) is 0 Å². The number of carbonyl (C=O) groups excluding carboxylic acids is 1. The van der Waals surface area contributed by atoms with Gasteiger partial charge in [0.15, 0.2) is 11.5 Å². The van der Waals surface area contributed by atoms with Crippen LogP contribution >= 0.6 is 0 Å². The summed E-state index contributed by atoms with van der Waals surface area (Å²) in [4.78, 5) is 17.9. The average molecular weight is 332 g/mol. The predicted molar refractivity (Wildman–Crippen MR) is 91.2 cm³/mol. The molecule has 0 saturated carbocycles. The van der Waals surface area contributed by atoms with Crippen LogP contribution in [-0.4, -0.2) is 47.8 Å². The van der Waals surface area contributed by atoms with Crippen molar-refractivity contribution < 1.29 is 14.3 Å². The molecule has 7 heteroatoms. The monoisotopic (exact) mass is 332 g/mol. The SMILES string of the molecule is COc1ccc(CN(C)C(=O)N[C@@H](C)Cn2ccnc2)cc1OC. The van der Waals surface area contributed by atoms with Crippen molar-refractivity contribution in [3.63, 3.8) is 0 Å². The van der Waals surface area contributed by atoms with Gasteiger partial charge in [-0.05, 0) is 24.6 Å². The lowest BCUT2D eigenvalue weighted by atomic mass is 10.2. The molecular formula is C17H24N4O3. The van der Waals surface area contributed by atoms with Gasteiger partial charge >= 0.3 is 6.03 Å². The summed E-state index contributed by atoms with van der Waals surface area (Å²) in [7, 11) is 4.95. The van der Waals surface area contributed by atoms with Crippen molar-refractivity contribution in [3.05, 3.63) is 42.5 Å². The van der Waals surface area contributed by atoms with E-state index in [0.717, 1.165) is 5.56 Å². The lowest BCUT2D eigenvalue weighted by molar-refractivity contribution is 0.202. The van der Waals surface area contributed by atoms with E-state index in [0.29, 0.717) is 24.6 Å². The number of aromatic nitrogens is 2. The third kappa shape index (κ3) is 4.65. The summed E-state index contributed by atoms with van der Waals surface area (Å²) >= 11 is 0. The molecule has 7 nitrogen and oxygen atoms in total. The minimum atomic E-state index is -0.127. The van der Waals surface area contributed by atoms with Crippen molar-refractivity contribution in [1.82, 2.24) is 19.8 Å². The maximum atomic E-state index is 12.3. The Bertz CT molecular complexity index is 658. The van der Waals surface area contributed by atoms with Gasteiger partial charge < -0.3 is 24.3 Å².